The fourth-order valence-electron chi connectivity index (χ4n) is 3.06. The summed E-state index contributed by atoms with van der Waals surface area (Å²) >= 11 is 5.93. The summed E-state index contributed by atoms with van der Waals surface area (Å²) < 4.78 is 0. The highest BCUT2D eigenvalue weighted by molar-refractivity contribution is 6.30. The Kier molecular flexibility index (Phi) is 5.74. The van der Waals surface area contributed by atoms with E-state index < -0.39 is 23.5 Å². The van der Waals surface area contributed by atoms with Gasteiger partial charge in [0.05, 0.1) is 18.2 Å². The molecule has 1 aliphatic heterocycles. The first-order valence-corrected chi connectivity index (χ1v) is 8.78. The summed E-state index contributed by atoms with van der Waals surface area (Å²) in [7, 11) is 0. The van der Waals surface area contributed by atoms with E-state index in [1.54, 1.807) is 30.3 Å². The minimum Gasteiger partial charge on any atom is -0.503 e. The second-order valence-electron chi connectivity index (χ2n) is 6.05. The van der Waals surface area contributed by atoms with Crippen LogP contribution in [0.15, 0.2) is 72.0 Å². The average molecular weight is 384 g/mol. The summed E-state index contributed by atoms with van der Waals surface area (Å²) in [5.74, 6) is -1.74. The van der Waals surface area contributed by atoms with E-state index in [4.69, 9.17) is 11.6 Å². The number of carbonyl (C=O) groups excluding carboxylic acids is 2. The molecule has 0 aliphatic carbocycles. The van der Waals surface area contributed by atoms with Crippen molar-refractivity contribution >= 4 is 29.4 Å². The maximum Gasteiger partial charge on any atom is 0.290 e. The van der Waals surface area contributed by atoms with Gasteiger partial charge in [-0.2, -0.15) is 0 Å². The quantitative estimate of drug-likeness (QED) is 0.750. The number of hydrogen-bond donors (Lipinski definition) is 2. The Morgan fingerprint density at radius 3 is 2.41 bits per heavy atom. The number of amides is 1. The zero-order valence-corrected chi connectivity index (χ0v) is 15.1. The van der Waals surface area contributed by atoms with Crippen LogP contribution in [0.25, 0.3) is 6.08 Å². The van der Waals surface area contributed by atoms with Crippen LogP contribution in [0.3, 0.4) is 0 Å². The number of β-amino-alcohol motifs (C(OH)–C–C–N with tert-alkyl or cyclic N) is 1. The van der Waals surface area contributed by atoms with E-state index in [9.17, 15) is 19.8 Å². The highest BCUT2D eigenvalue weighted by Crippen LogP contribution is 2.38. The van der Waals surface area contributed by atoms with E-state index in [2.05, 4.69) is 0 Å². The molecule has 0 bridgehead atoms. The van der Waals surface area contributed by atoms with Crippen molar-refractivity contribution in [1.82, 2.24) is 4.90 Å². The van der Waals surface area contributed by atoms with Gasteiger partial charge in [0.15, 0.2) is 11.5 Å². The summed E-state index contributed by atoms with van der Waals surface area (Å²) in [6, 6.07) is 15.1. The van der Waals surface area contributed by atoms with Crippen LogP contribution < -0.4 is 0 Å². The van der Waals surface area contributed by atoms with Crippen LogP contribution >= 0.6 is 11.6 Å². The lowest BCUT2D eigenvalue weighted by atomic mass is 9.95. The van der Waals surface area contributed by atoms with Crippen LogP contribution in [-0.4, -0.2) is 40.0 Å². The lowest BCUT2D eigenvalue weighted by molar-refractivity contribution is -0.129. The van der Waals surface area contributed by atoms with Gasteiger partial charge in [0.25, 0.3) is 5.91 Å². The number of benzene rings is 2. The molecule has 2 N–H and O–H groups in total. The molecule has 2 aromatic rings. The van der Waals surface area contributed by atoms with E-state index in [-0.39, 0.29) is 18.7 Å². The van der Waals surface area contributed by atoms with Gasteiger partial charge in [0.1, 0.15) is 0 Å². The number of ketones is 1. The normalized spacial score (nSPS) is 17.2. The molecule has 0 saturated carbocycles. The predicted octanol–water partition coefficient (Wildman–Crippen LogP) is 3.31. The van der Waals surface area contributed by atoms with E-state index in [0.29, 0.717) is 10.6 Å². The number of nitrogens with zero attached hydrogens (tertiary/aromatic N) is 1. The van der Waals surface area contributed by atoms with Gasteiger partial charge in [-0.15, -0.1) is 0 Å². The smallest absolute Gasteiger partial charge is 0.290 e. The van der Waals surface area contributed by atoms with Crippen LogP contribution in [-0.2, 0) is 9.59 Å². The third kappa shape index (κ3) is 3.94. The molecule has 0 aromatic heterocycles. The van der Waals surface area contributed by atoms with Crippen LogP contribution in [0.1, 0.15) is 17.2 Å². The van der Waals surface area contributed by atoms with Crippen LogP contribution in [0.2, 0.25) is 5.02 Å². The topological polar surface area (TPSA) is 77.8 Å². The number of carbonyl (C=O) groups is 2. The van der Waals surface area contributed by atoms with Crippen molar-refractivity contribution in [3.05, 3.63) is 88.2 Å². The highest BCUT2D eigenvalue weighted by Gasteiger charge is 2.42. The van der Waals surface area contributed by atoms with Crippen molar-refractivity contribution in [3.63, 3.8) is 0 Å². The molecule has 0 saturated heterocycles. The third-order valence-electron chi connectivity index (χ3n) is 4.32. The van der Waals surface area contributed by atoms with Crippen LogP contribution in [0.4, 0.5) is 0 Å². The fourth-order valence-corrected chi connectivity index (χ4v) is 3.19. The second kappa shape index (κ2) is 8.20. The summed E-state index contributed by atoms with van der Waals surface area (Å²) in [6.45, 7) is -0.292. The van der Waals surface area contributed by atoms with Gasteiger partial charge in [0, 0.05) is 11.6 Å². The Morgan fingerprint density at radius 2 is 1.78 bits per heavy atom. The standard InChI is InChI=1S/C21H18ClNO4/c22-16-9-7-15(8-10-16)19-18(20(26)21(27)23(19)12-13-24)17(25)11-6-14-4-2-1-3-5-14/h1-11,19,24,26H,12-13H2/b11-6+/t19-/m1/s1. The molecule has 1 atom stereocenters. The molecule has 3 rings (SSSR count). The van der Waals surface area contributed by atoms with E-state index in [1.807, 2.05) is 30.3 Å². The highest BCUT2D eigenvalue weighted by atomic mass is 35.5. The summed E-state index contributed by atoms with van der Waals surface area (Å²) in [6.07, 6.45) is 2.96. The minimum absolute atomic E-state index is 0.00460. The average Bonchev–Trinajstić information content (AvgIpc) is 2.93. The van der Waals surface area contributed by atoms with Crippen molar-refractivity contribution < 1.29 is 19.8 Å². The predicted molar refractivity (Wildman–Crippen MR) is 103 cm³/mol. The molecule has 0 spiro atoms. The first-order chi connectivity index (χ1) is 13.0. The summed E-state index contributed by atoms with van der Waals surface area (Å²) in [5.41, 5.74) is 1.44. The van der Waals surface area contributed by atoms with Crippen LogP contribution in [0, 0.1) is 0 Å². The Balaban J connectivity index is 1.98. The zero-order valence-electron chi connectivity index (χ0n) is 14.4. The summed E-state index contributed by atoms with van der Waals surface area (Å²) in [4.78, 5) is 26.5. The van der Waals surface area contributed by atoms with Gasteiger partial charge in [-0.25, -0.2) is 0 Å². The van der Waals surface area contributed by atoms with Crippen molar-refractivity contribution in [2.45, 2.75) is 6.04 Å². The van der Waals surface area contributed by atoms with Gasteiger partial charge in [-0.05, 0) is 29.3 Å². The third-order valence-corrected chi connectivity index (χ3v) is 4.57. The Labute approximate surface area is 161 Å². The monoisotopic (exact) mass is 383 g/mol. The van der Waals surface area contributed by atoms with Crippen molar-refractivity contribution in [2.75, 3.05) is 13.2 Å². The van der Waals surface area contributed by atoms with E-state index in [0.717, 1.165) is 5.56 Å². The van der Waals surface area contributed by atoms with E-state index >= 15 is 0 Å². The molecule has 1 heterocycles. The van der Waals surface area contributed by atoms with Gasteiger partial charge >= 0.3 is 0 Å². The lowest BCUT2D eigenvalue weighted by Crippen LogP contribution is -2.33. The number of rotatable bonds is 6. The first kappa shape index (κ1) is 18.9. The molecule has 27 heavy (non-hydrogen) atoms. The van der Waals surface area contributed by atoms with Crippen molar-refractivity contribution in [2.24, 2.45) is 0 Å². The minimum atomic E-state index is -0.783. The van der Waals surface area contributed by atoms with E-state index in [1.165, 1.54) is 11.0 Å². The zero-order chi connectivity index (χ0) is 19.4. The molecular formula is C21H18ClNO4. The molecule has 2 aromatic carbocycles. The first-order valence-electron chi connectivity index (χ1n) is 8.41. The fraction of sp³-hybridized carbons (Fsp3) is 0.143. The number of halogens is 1. The molecule has 0 fully saturated rings. The SMILES string of the molecule is O=C(/C=C/c1ccccc1)C1=C(O)C(=O)N(CCO)[C@@H]1c1ccc(Cl)cc1. The maximum absolute atomic E-state index is 12.8. The van der Waals surface area contributed by atoms with Gasteiger partial charge in [-0.1, -0.05) is 60.1 Å². The molecular weight excluding hydrogens is 366 g/mol. The number of aliphatic hydroxyl groups is 2. The lowest BCUT2D eigenvalue weighted by Gasteiger charge is -2.25. The number of hydrogen-bond acceptors (Lipinski definition) is 4. The van der Waals surface area contributed by atoms with Gasteiger partial charge in [0.2, 0.25) is 0 Å². The molecule has 1 amide bonds. The molecule has 6 heteroatoms. The molecule has 138 valence electrons. The number of allylic oxidation sites excluding steroid dienone is 1. The molecule has 5 nitrogen and oxygen atoms in total. The second-order valence-corrected chi connectivity index (χ2v) is 6.48. The largest absolute Gasteiger partial charge is 0.503 e. The van der Waals surface area contributed by atoms with Crippen LogP contribution in [0.5, 0.6) is 0 Å². The Morgan fingerprint density at radius 1 is 1.11 bits per heavy atom. The maximum atomic E-state index is 12.8. The summed E-state index contributed by atoms with van der Waals surface area (Å²) in [5, 5.41) is 20.2. The van der Waals surface area contributed by atoms with Crippen molar-refractivity contribution in [1.29, 1.82) is 0 Å². The number of aliphatic hydroxyl groups excluding tert-OH is 2. The Hall–Kier alpha value is -2.89. The molecule has 1 aliphatic rings. The molecule has 0 unspecified atom stereocenters. The molecule has 0 radical (unpaired) electrons. The van der Waals surface area contributed by atoms with Gasteiger partial charge < -0.3 is 15.1 Å². The Bertz CT molecular complexity index is 904. The van der Waals surface area contributed by atoms with Gasteiger partial charge in [-0.3, -0.25) is 9.59 Å². The van der Waals surface area contributed by atoms with Crippen molar-refractivity contribution in [3.8, 4) is 0 Å².